The summed E-state index contributed by atoms with van der Waals surface area (Å²) in [7, 11) is 2.92. The van der Waals surface area contributed by atoms with Crippen LogP contribution in [0.5, 0.6) is 11.8 Å². The van der Waals surface area contributed by atoms with Crippen LogP contribution in [0.15, 0.2) is 16.9 Å². The van der Waals surface area contributed by atoms with Crippen LogP contribution in [-0.4, -0.2) is 64.4 Å². The molecule has 3 aliphatic rings. The number of anilines is 1. The largest absolute Gasteiger partial charge is 0.508 e. The Balaban J connectivity index is 0.000000247. The number of nitrogens with zero attached hydrogens (tertiary/aromatic N) is 3. The highest BCUT2D eigenvalue weighted by Crippen LogP contribution is 2.49. The zero-order valence-electron chi connectivity index (χ0n) is 20.1. The number of H-pyrrole nitrogens is 1. The number of aromatic nitrogens is 3. The molecular weight excluding hydrogens is 492 g/mol. The number of ether oxygens (including phenoxy) is 1. The predicted octanol–water partition coefficient (Wildman–Crippen LogP) is 4.60. The lowest BCUT2D eigenvalue weighted by Crippen LogP contribution is -2.22. The third kappa shape index (κ3) is 4.59. The lowest BCUT2D eigenvalue weighted by molar-refractivity contribution is 0.292. The molecule has 2 unspecified atom stereocenters. The van der Waals surface area contributed by atoms with E-state index in [1.807, 2.05) is 0 Å². The summed E-state index contributed by atoms with van der Waals surface area (Å²) in [4.78, 5) is 25.6. The van der Waals surface area contributed by atoms with Crippen LogP contribution in [0.3, 0.4) is 0 Å². The van der Waals surface area contributed by atoms with Crippen LogP contribution in [0.25, 0.3) is 22.2 Å². The van der Waals surface area contributed by atoms with Gasteiger partial charge in [0.25, 0.3) is 5.56 Å². The molecule has 2 saturated heterocycles. The first kappa shape index (κ1) is 24.7. The van der Waals surface area contributed by atoms with Crippen molar-refractivity contribution < 1.29 is 18.6 Å². The van der Waals surface area contributed by atoms with Crippen molar-refractivity contribution >= 4 is 28.3 Å². The van der Waals surface area contributed by atoms with Crippen LogP contribution in [0.1, 0.15) is 43.6 Å². The van der Waals surface area contributed by atoms with Gasteiger partial charge in [0.05, 0.1) is 12.8 Å². The van der Waals surface area contributed by atoms with Crippen molar-refractivity contribution in [2.24, 2.45) is 0 Å². The van der Waals surface area contributed by atoms with E-state index in [1.165, 1.54) is 32.1 Å². The molecule has 0 amide bonds. The summed E-state index contributed by atoms with van der Waals surface area (Å²) in [6.45, 7) is 1.86. The zero-order chi connectivity index (χ0) is 25.6. The Morgan fingerprint density at radius 3 is 2.72 bits per heavy atom. The van der Waals surface area contributed by atoms with Gasteiger partial charge in [0.2, 0.25) is 0 Å². The number of phenolic OH excluding ortho intramolecular Hbond substituents is 1. The number of benzene rings is 1. The summed E-state index contributed by atoms with van der Waals surface area (Å²) in [6.07, 6.45) is 4.64. The molecule has 0 bridgehead atoms. The summed E-state index contributed by atoms with van der Waals surface area (Å²) >= 11 is 6.30. The van der Waals surface area contributed by atoms with E-state index in [4.69, 9.17) is 16.3 Å². The Labute approximate surface area is 211 Å². The number of fused-ring (bicyclic) bond motifs is 2. The number of nitrogens with one attached hydrogen (secondary N) is 2. The molecule has 6 rings (SSSR count). The van der Waals surface area contributed by atoms with Crippen molar-refractivity contribution in [3.05, 3.63) is 38.9 Å². The average molecular weight is 520 g/mol. The maximum atomic E-state index is 15.4. The topological polar surface area (TPSA) is 103 Å². The normalized spacial score (nSPS) is 21.2. The fourth-order valence-electron chi connectivity index (χ4n) is 5.25. The van der Waals surface area contributed by atoms with Crippen molar-refractivity contribution in [3.8, 4) is 23.0 Å². The van der Waals surface area contributed by atoms with Gasteiger partial charge in [-0.2, -0.15) is 9.97 Å². The van der Waals surface area contributed by atoms with Crippen molar-refractivity contribution in [2.75, 3.05) is 32.6 Å². The predicted molar refractivity (Wildman–Crippen MR) is 134 cm³/mol. The number of aromatic amines is 1. The number of hydrogen-bond acceptors (Lipinski definition) is 7. The molecule has 192 valence electrons. The second kappa shape index (κ2) is 9.82. The molecule has 1 saturated carbocycles. The van der Waals surface area contributed by atoms with E-state index in [-0.39, 0.29) is 40.1 Å². The van der Waals surface area contributed by atoms with Gasteiger partial charge in [0.1, 0.15) is 28.6 Å². The highest BCUT2D eigenvalue weighted by molar-refractivity contribution is 6.32. The molecule has 11 heteroatoms. The SMILES string of the molecule is CNc1nc(OC)nc2c(F)c(-c3cc(O)cc(Cl)c3C3CC3)[nH]c(=O)c12.FC1CC2CCCN2C1. The molecule has 3 aromatic rings. The van der Waals surface area contributed by atoms with Gasteiger partial charge in [0, 0.05) is 30.2 Å². The van der Waals surface area contributed by atoms with Crippen molar-refractivity contribution in [1.29, 1.82) is 0 Å². The average Bonchev–Trinajstić information content (AvgIpc) is 3.49. The summed E-state index contributed by atoms with van der Waals surface area (Å²) in [5.74, 6) is -0.541. The molecule has 36 heavy (non-hydrogen) atoms. The molecule has 1 aromatic carbocycles. The third-order valence-electron chi connectivity index (χ3n) is 7.03. The number of halogens is 3. The maximum absolute atomic E-state index is 15.4. The zero-order valence-corrected chi connectivity index (χ0v) is 20.8. The van der Waals surface area contributed by atoms with Gasteiger partial charge in [-0.25, -0.2) is 8.78 Å². The highest BCUT2D eigenvalue weighted by atomic mass is 35.5. The minimum Gasteiger partial charge on any atom is -0.508 e. The van der Waals surface area contributed by atoms with E-state index < -0.39 is 17.5 Å². The summed E-state index contributed by atoms with van der Waals surface area (Å²) in [5.41, 5.74) is 0.247. The highest BCUT2D eigenvalue weighted by Gasteiger charge is 2.35. The van der Waals surface area contributed by atoms with E-state index >= 15 is 4.39 Å². The van der Waals surface area contributed by atoms with Gasteiger partial charge in [-0.15, -0.1) is 0 Å². The van der Waals surface area contributed by atoms with Crippen LogP contribution in [0.4, 0.5) is 14.6 Å². The Bertz CT molecular complexity index is 1350. The van der Waals surface area contributed by atoms with Gasteiger partial charge in [-0.1, -0.05) is 11.6 Å². The fraction of sp³-hybridized carbons (Fsp3) is 0.480. The molecule has 3 N–H and O–H groups in total. The van der Waals surface area contributed by atoms with Crippen LogP contribution >= 0.6 is 11.6 Å². The molecule has 0 radical (unpaired) electrons. The molecule has 3 fully saturated rings. The number of phenols is 1. The van der Waals surface area contributed by atoms with Crippen LogP contribution in [0, 0.1) is 5.82 Å². The molecule has 2 atom stereocenters. The van der Waals surface area contributed by atoms with Gasteiger partial charge >= 0.3 is 6.01 Å². The fourth-order valence-corrected chi connectivity index (χ4v) is 5.61. The lowest BCUT2D eigenvalue weighted by atomic mass is 9.98. The molecule has 2 aliphatic heterocycles. The number of aromatic hydroxyl groups is 1. The first-order valence-corrected chi connectivity index (χ1v) is 12.4. The molecule has 0 spiro atoms. The Hall–Kier alpha value is -2.98. The first-order valence-electron chi connectivity index (χ1n) is 12.1. The standard InChI is InChI=1S/C18H16ClFN4O3.C7H12FN/c1-21-16-12-15(23-18(24-16)27-2)13(20)14(22-17(12)26)9-5-8(25)6-10(19)11(9)7-3-4-7;8-6-4-7-2-1-3-9(7)5-6/h5-7,25H,3-4H2,1-2H3,(H,22,26)(H,21,23,24);6-7H,1-5H2. The van der Waals surface area contributed by atoms with Crippen molar-refractivity contribution in [2.45, 2.75) is 50.2 Å². The van der Waals surface area contributed by atoms with E-state index in [0.717, 1.165) is 25.8 Å². The Morgan fingerprint density at radius 2 is 2.06 bits per heavy atom. The molecular formula is C25H28ClF2N5O3. The van der Waals surface area contributed by atoms with Gasteiger partial charge in [-0.05, 0) is 62.3 Å². The van der Waals surface area contributed by atoms with E-state index in [1.54, 1.807) is 7.05 Å². The number of rotatable bonds is 4. The second-order valence-electron chi connectivity index (χ2n) is 9.46. The summed E-state index contributed by atoms with van der Waals surface area (Å²) in [6, 6.07) is 3.36. The number of hydrogen-bond donors (Lipinski definition) is 3. The van der Waals surface area contributed by atoms with Crippen LogP contribution < -0.4 is 15.6 Å². The summed E-state index contributed by atoms with van der Waals surface area (Å²) < 4.78 is 33.0. The molecule has 4 heterocycles. The minimum atomic E-state index is -0.745. The van der Waals surface area contributed by atoms with Crippen molar-refractivity contribution in [3.63, 3.8) is 0 Å². The number of methoxy groups -OCH3 is 1. The van der Waals surface area contributed by atoms with E-state index in [9.17, 15) is 14.3 Å². The smallest absolute Gasteiger partial charge is 0.318 e. The van der Waals surface area contributed by atoms with Crippen molar-refractivity contribution in [1.82, 2.24) is 19.9 Å². The monoisotopic (exact) mass is 519 g/mol. The van der Waals surface area contributed by atoms with Gasteiger partial charge in [-0.3, -0.25) is 9.69 Å². The van der Waals surface area contributed by atoms with E-state index in [2.05, 4.69) is 25.2 Å². The summed E-state index contributed by atoms with van der Waals surface area (Å²) in [5, 5.41) is 13.0. The van der Waals surface area contributed by atoms with Gasteiger partial charge < -0.3 is 20.1 Å². The second-order valence-corrected chi connectivity index (χ2v) is 9.87. The minimum absolute atomic E-state index is 0.0150. The quantitative estimate of drug-likeness (QED) is 0.462. The third-order valence-corrected chi connectivity index (χ3v) is 7.34. The molecule has 1 aliphatic carbocycles. The number of pyridine rings is 1. The Kier molecular flexibility index (Phi) is 6.74. The number of alkyl halides is 1. The van der Waals surface area contributed by atoms with Crippen LogP contribution in [0.2, 0.25) is 5.02 Å². The lowest BCUT2D eigenvalue weighted by Gasteiger charge is -2.14. The van der Waals surface area contributed by atoms with Crippen LogP contribution in [-0.2, 0) is 0 Å². The molecule has 2 aromatic heterocycles. The van der Waals surface area contributed by atoms with E-state index in [0.29, 0.717) is 28.7 Å². The van der Waals surface area contributed by atoms with Gasteiger partial charge in [0.15, 0.2) is 5.82 Å². The first-order chi connectivity index (χ1) is 17.3. The Morgan fingerprint density at radius 1 is 1.28 bits per heavy atom. The molecule has 8 nitrogen and oxygen atoms in total. The maximum Gasteiger partial charge on any atom is 0.318 e.